The fraction of sp³-hybridized carbons (Fsp3) is 0.411. The first-order valence-corrected chi connectivity index (χ1v) is 39.9. The molecular weight excluding hydrogens is 1310 g/mol. The topological polar surface area (TPSA) is 77.5 Å². The van der Waals surface area contributed by atoms with Crippen molar-refractivity contribution in [2.45, 2.75) is 259 Å². The summed E-state index contributed by atoms with van der Waals surface area (Å²) in [6, 6.07) is 58.8. The van der Waals surface area contributed by atoms with Crippen LogP contribution in [0, 0.1) is 96.9 Å². The van der Waals surface area contributed by atoms with Gasteiger partial charge in [-0.3, -0.25) is 19.9 Å². The Morgan fingerprint density at radius 2 is 0.505 bits per heavy atom. The third-order valence-corrected chi connectivity index (χ3v) is 23.5. The molecule has 12 heteroatoms. The minimum Gasteiger partial charge on any atom is -0.346 e. The van der Waals surface area contributed by atoms with E-state index in [-0.39, 0.29) is 12.3 Å². The molecule has 2 fully saturated rings. The average molecular weight is 1430 g/mol. The van der Waals surface area contributed by atoms with Crippen molar-refractivity contribution in [2.75, 3.05) is 39.2 Å². The van der Waals surface area contributed by atoms with Crippen LogP contribution in [0.15, 0.2) is 158 Å². The van der Waals surface area contributed by atoms with E-state index in [1.54, 1.807) is 0 Å². The van der Waals surface area contributed by atoms with Crippen LogP contribution in [-0.4, -0.2) is 56.7 Å². The molecular formula is C95H118N12. The Morgan fingerprint density at radius 3 is 0.794 bits per heavy atom. The molecule has 4 atom stereocenters. The molecule has 107 heavy (non-hydrogen) atoms. The molecule has 0 radical (unpaired) electrons. The SMILES string of the molecule is Cc1cc(C)c(N2c3ccccc3N(C3CCCC3)[C@H]2C)c(C)n1.Cc1cc(C)c(N2c3ccccc3N(C3CCCCC3)[C@H]2C)c(C)n1.Cc1cc(C)c(N2c3ccccc3N(c3c(C(C)C)cccc3C(C)C)[C@H]2C)c(C)n1.Cc1cc(C)c(N2c3ccccc3N(c3c(C)cccc3C)[C@H]2C)c(C)n1. The molecule has 0 bridgehead atoms. The van der Waals surface area contributed by atoms with Crippen molar-refractivity contribution in [1.82, 2.24) is 19.9 Å². The number of aromatic nitrogens is 4. The van der Waals surface area contributed by atoms with Crippen molar-refractivity contribution in [3.8, 4) is 0 Å². The van der Waals surface area contributed by atoms with E-state index >= 15 is 0 Å². The molecule has 0 saturated heterocycles. The molecule has 2 saturated carbocycles. The maximum absolute atomic E-state index is 4.82. The maximum Gasteiger partial charge on any atom is 0.108 e. The molecule has 16 rings (SSSR count). The maximum atomic E-state index is 4.82. The summed E-state index contributed by atoms with van der Waals surface area (Å²) in [6.07, 6.45) is 13.1. The van der Waals surface area contributed by atoms with Crippen LogP contribution in [0.25, 0.3) is 0 Å². The van der Waals surface area contributed by atoms with Crippen molar-refractivity contribution in [3.63, 3.8) is 0 Å². The van der Waals surface area contributed by atoms with E-state index in [2.05, 4.69) is 349 Å². The van der Waals surface area contributed by atoms with Crippen LogP contribution in [0.2, 0.25) is 0 Å². The van der Waals surface area contributed by atoms with Crippen LogP contribution in [0.1, 0.15) is 215 Å². The lowest BCUT2D eigenvalue weighted by molar-refractivity contribution is 0.400. The minimum atomic E-state index is 0.150. The van der Waals surface area contributed by atoms with E-state index in [1.165, 1.54) is 182 Å². The lowest BCUT2D eigenvalue weighted by atomic mass is 9.91. The summed E-state index contributed by atoms with van der Waals surface area (Å²) in [5.41, 5.74) is 37.5. The van der Waals surface area contributed by atoms with Gasteiger partial charge in [-0.2, -0.15) is 0 Å². The number of rotatable bonds is 10. The van der Waals surface area contributed by atoms with Gasteiger partial charge in [-0.1, -0.05) is 145 Å². The van der Waals surface area contributed by atoms with Gasteiger partial charge in [0.05, 0.1) is 96.7 Å². The first kappa shape index (κ1) is 75.6. The van der Waals surface area contributed by atoms with Crippen LogP contribution < -0.4 is 39.2 Å². The molecule has 4 aromatic heterocycles. The zero-order chi connectivity index (χ0) is 76.1. The van der Waals surface area contributed by atoms with Crippen LogP contribution in [0.5, 0.6) is 0 Å². The van der Waals surface area contributed by atoms with Crippen molar-refractivity contribution >= 4 is 79.6 Å². The summed E-state index contributed by atoms with van der Waals surface area (Å²) in [6.45, 7) is 48.6. The Morgan fingerprint density at radius 1 is 0.262 bits per heavy atom. The number of benzene rings is 6. The molecule has 0 amide bonds. The molecule has 8 heterocycles. The van der Waals surface area contributed by atoms with E-state index in [0.717, 1.165) is 45.6 Å². The third-order valence-electron chi connectivity index (χ3n) is 23.5. The van der Waals surface area contributed by atoms with E-state index in [9.17, 15) is 0 Å². The number of para-hydroxylation sites is 10. The lowest BCUT2D eigenvalue weighted by Gasteiger charge is -2.38. The highest BCUT2D eigenvalue weighted by molar-refractivity contribution is 5.93. The van der Waals surface area contributed by atoms with Gasteiger partial charge >= 0.3 is 0 Å². The minimum absolute atomic E-state index is 0.150. The summed E-state index contributed by atoms with van der Waals surface area (Å²) >= 11 is 0. The number of hydrogen-bond donors (Lipinski definition) is 0. The molecule has 0 spiro atoms. The number of pyridine rings is 4. The number of hydrogen-bond acceptors (Lipinski definition) is 12. The molecule has 2 aliphatic carbocycles. The molecule has 6 aromatic carbocycles. The highest BCUT2D eigenvalue weighted by atomic mass is 15.5. The third kappa shape index (κ3) is 14.2. The van der Waals surface area contributed by atoms with Gasteiger partial charge in [0, 0.05) is 40.5 Å². The Hall–Kier alpha value is -9.68. The second-order valence-corrected chi connectivity index (χ2v) is 32.1. The van der Waals surface area contributed by atoms with E-state index in [0.29, 0.717) is 36.3 Å². The predicted molar refractivity (Wildman–Crippen MR) is 455 cm³/mol. The van der Waals surface area contributed by atoms with Crippen LogP contribution in [0.3, 0.4) is 0 Å². The number of aryl methyl sites for hydroxylation is 14. The Bertz CT molecular complexity index is 4740. The molecule has 6 aliphatic rings. The van der Waals surface area contributed by atoms with Crippen molar-refractivity contribution in [3.05, 3.63) is 248 Å². The predicted octanol–water partition coefficient (Wildman–Crippen LogP) is 25.0. The number of anilines is 14. The molecule has 4 aliphatic heterocycles. The van der Waals surface area contributed by atoms with Crippen molar-refractivity contribution in [2.24, 2.45) is 0 Å². The summed E-state index contributed by atoms with van der Waals surface area (Å²) in [5, 5.41) is 0. The molecule has 0 N–H and O–H groups in total. The molecule has 558 valence electrons. The Balaban J connectivity index is 0.000000127. The average Bonchev–Trinajstić information content (AvgIpc) is 1.60. The van der Waals surface area contributed by atoms with Crippen molar-refractivity contribution < 1.29 is 0 Å². The van der Waals surface area contributed by atoms with Crippen molar-refractivity contribution in [1.29, 1.82) is 0 Å². The smallest absolute Gasteiger partial charge is 0.108 e. The first-order chi connectivity index (χ1) is 51.3. The fourth-order valence-electron chi connectivity index (χ4n) is 19.5. The Kier molecular flexibility index (Phi) is 22.1. The Labute approximate surface area is 641 Å². The first-order valence-electron chi connectivity index (χ1n) is 39.9. The largest absolute Gasteiger partial charge is 0.346 e. The van der Waals surface area contributed by atoms with Gasteiger partial charge < -0.3 is 39.2 Å². The lowest BCUT2D eigenvalue weighted by Crippen LogP contribution is -2.46. The summed E-state index contributed by atoms with van der Waals surface area (Å²) in [5.74, 6) is 0.901. The summed E-state index contributed by atoms with van der Waals surface area (Å²) in [7, 11) is 0. The van der Waals surface area contributed by atoms with Crippen LogP contribution >= 0.6 is 0 Å². The van der Waals surface area contributed by atoms with Gasteiger partial charge in [0.25, 0.3) is 0 Å². The standard InChI is InChI=1S/C28H35N3.C24H27N3.C22H29N3.C21H27N3/c1-17(2)23-12-11-13-24(18(3)4)28(23)31-22(8)30(25-14-9-10-15-26(25)31)27-19(5)16-20(6)29-21(27)7;1-15-10-9-11-16(2)23(15)26-20(6)27(22-13-8-7-12-21(22)26)24-17(3)14-18(4)25-19(24)5;1-15-14-16(2)23-17(3)22(15)25-18(4)24(19-10-6-5-7-11-19)20-12-8-9-13-21(20)25;1-14-13-15(2)22-16(3)21(14)24-17(4)23(18-9-5-6-10-18)19-11-7-8-12-20(19)24/h9-18,22H,1-8H3;7-14,20H,1-6H3;8-9,12-14,18-19H,5-7,10-11H2,1-4H3;7-8,11-13,17-18H,5-6,9-10H2,1-4H3/t22-;20-;18-;17-/m0111/s1. The zero-order valence-corrected chi connectivity index (χ0v) is 68.4. The summed E-state index contributed by atoms with van der Waals surface area (Å²) < 4.78 is 0. The van der Waals surface area contributed by atoms with Gasteiger partial charge in [-0.15, -0.1) is 0 Å². The fourth-order valence-corrected chi connectivity index (χ4v) is 19.5. The quantitative estimate of drug-likeness (QED) is 0.131. The van der Waals surface area contributed by atoms with Gasteiger partial charge in [0.1, 0.15) is 24.7 Å². The molecule has 0 unspecified atom stereocenters. The van der Waals surface area contributed by atoms with E-state index < -0.39 is 0 Å². The number of nitrogens with zero attached hydrogens (tertiary/aromatic N) is 12. The van der Waals surface area contributed by atoms with Gasteiger partial charge in [-0.25, -0.2) is 0 Å². The van der Waals surface area contributed by atoms with E-state index in [1.807, 2.05) is 0 Å². The van der Waals surface area contributed by atoms with Gasteiger partial charge in [0.15, 0.2) is 0 Å². The number of fused-ring (bicyclic) bond motifs is 4. The second-order valence-electron chi connectivity index (χ2n) is 32.1. The zero-order valence-electron chi connectivity index (χ0n) is 68.4. The normalized spacial score (nSPS) is 18.2. The molecule has 12 nitrogen and oxygen atoms in total. The van der Waals surface area contributed by atoms with Crippen LogP contribution in [-0.2, 0) is 0 Å². The summed E-state index contributed by atoms with van der Waals surface area (Å²) in [4.78, 5) is 39.4. The van der Waals surface area contributed by atoms with Gasteiger partial charge in [-0.05, 0) is 279 Å². The van der Waals surface area contributed by atoms with E-state index in [4.69, 9.17) is 19.9 Å². The highest BCUT2D eigenvalue weighted by Crippen LogP contribution is 2.55. The van der Waals surface area contributed by atoms with Gasteiger partial charge in [0.2, 0.25) is 0 Å². The monoisotopic (exact) mass is 1430 g/mol. The highest BCUT2D eigenvalue weighted by Gasteiger charge is 2.44. The van der Waals surface area contributed by atoms with Crippen LogP contribution in [0.4, 0.5) is 79.6 Å². The molecule has 10 aromatic rings. The second kappa shape index (κ2) is 31.3.